The van der Waals surface area contributed by atoms with E-state index in [9.17, 15) is 9.59 Å². The molecule has 9 heteroatoms. The summed E-state index contributed by atoms with van der Waals surface area (Å²) in [5, 5.41) is 6.45. The Morgan fingerprint density at radius 2 is 1.72 bits per heavy atom. The highest BCUT2D eigenvalue weighted by atomic mass is 127. The van der Waals surface area contributed by atoms with Crippen molar-refractivity contribution in [2.45, 2.75) is 71.8 Å². The van der Waals surface area contributed by atoms with Gasteiger partial charge >= 0.3 is 6.09 Å². The Balaban J connectivity index is 0.00000512. The number of nitrogens with one attached hydrogen (secondary N) is 2. The number of ether oxygens (including phenoxy) is 1. The van der Waals surface area contributed by atoms with Crippen molar-refractivity contribution in [2.75, 3.05) is 46.3 Å². The molecule has 0 atom stereocenters. The number of amides is 2. The van der Waals surface area contributed by atoms with Crippen molar-refractivity contribution in [3.05, 3.63) is 0 Å². The van der Waals surface area contributed by atoms with Crippen LogP contribution in [0.25, 0.3) is 0 Å². The third kappa shape index (κ3) is 9.70. The molecule has 0 bridgehead atoms. The van der Waals surface area contributed by atoms with Gasteiger partial charge in [-0.2, -0.15) is 0 Å². The zero-order valence-corrected chi connectivity index (χ0v) is 22.9. The fourth-order valence-corrected chi connectivity index (χ4v) is 3.95. The Labute approximate surface area is 211 Å². The maximum absolute atomic E-state index is 12.4. The van der Waals surface area contributed by atoms with E-state index in [1.165, 1.54) is 6.42 Å². The number of hydrogen-bond acceptors (Lipinski definition) is 4. The fraction of sp³-hybridized carbons (Fsp3) is 0.870. The molecule has 186 valence electrons. The zero-order chi connectivity index (χ0) is 22.9. The van der Waals surface area contributed by atoms with Crippen LogP contribution in [0.4, 0.5) is 4.79 Å². The van der Waals surface area contributed by atoms with Crippen LogP contribution in [0, 0.1) is 11.8 Å². The Morgan fingerprint density at radius 3 is 2.22 bits per heavy atom. The van der Waals surface area contributed by atoms with Gasteiger partial charge in [-0.05, 0) is 65.7 Å². The molecule has 0 spiro atoms. The molecule has 1 saturated carbocycles. The fourth-order valence-electron chi connectivity index (χ4n) is 3.95. The maximum Gasteiger partial charge on any atom is 0.410 e. The lowest BCUT2D eigenvalue weighted by atomic mass is 9.85. The molecule has 8 nitrogen and oxygen atoms in total. The molecule has 2 N–H and O–H groups in total. The monoisotopic (exact) mass is 565 g/mol. The van der Waals surface area contributed by atoms with Crippen molar-refractivity contribution < 1.29 is 14.3 Å². The topological polar surface area (TPSA) is 86.3 Å². The average molecular weight is 566 g/mol. The van der Waals surface area contributed by atoms with E-state index in [4.69, 9.17) is 4.74 Å². The summed E-state index contributed by atoms with van der Waals surface area (Å²) in [7, 11) is 1.81. The van der Waals surface area contributed by atoms with Gasteiger partial charge in [-0.3, -0.25) is 9.79 Å². The first-order valence-electron chi connectivity index (χ1n) is 11.9. The highest BCUT2D eigenvalue weighted by Gasteiger charge is 2.27. The number of piperidine rings is 1. The predicted molar refractivity (Wildman–Crippen MR) is 140 cm³/mol. The van der Waals surface area contributed by atoms with Crippen LogP contribution in [-0.2, 0) is 9.53 Å². The first kappa shape index (κ1) is 28.8. The number of carbonyl (C=O) groups excluding carboxylic acids is 2. The van der Waals surface area contributed by atoms with Gasteiger partial charge in [0.15, 0.2) is 5.96 Å². The van der Waals surface area contributed by atoms with E-state index >= 15 is 0 Å². The van der Waals surface area contributed by atoms with Gasteiger partial charge in [0.2, 0.25) is 5.91 Å². The minimum Gasteiger partial charge on any atom is -0.444 e. The van der Waals surface area contributed by atoms with Crippen LogP contribution in [0.1, 0.15) is 66.2 Å². The lowest BCUT2D eigenvalue weighted by Gasteiger charge is -2.36. The Hall–Kier alpha value is -1.26. The van der Waals surface area contributed by atoms with Crippen LogP contribution in [0.15, 0.2) is 4.99 Å². The van der Waals surface area contributed by atoms with Gasteiger partial charge in [-0.25, -0.2) is 4.79 Å². The van der Waals surface area contributed by atoms with Gasteiger partial charge in [0, 0.05) is 52.2 Å². The predicted octanol–water partition coefficient (Wildman–Crippen LogP) is 3.46. The zero-order valence-electron chi connectivity index (χ0n) is 20.6. The molecule has 0 unspecified atom stereocenters. The summed E-state index contributed by atoms with van der Waals surface area (Å²) < 4.78 is 5.53. The number of nitrogens with zero attached hydrogens (tertiary/aromatic N) is 3. The SMILES string of the molecule is CCN(CC1CCN(C(=NC)NCCCNC(=O)C2CCC2)CC1)C(=O)OC(C)(C)C.I. The van der Waals surface area contributed by atoms with Crippen LogP contribution >= 0.6 is 24.0 Å². The summed E-state index contributed by atoms with van der Waals surface area (Å²) in [4.78, 5) is 32.8. The van der Waals surface area contributed by atoms with E-state index in [0.717, 1.165) is 64.2 Å². The molecule has 1 saturated heterocycles. The second kappa shape index (κ2) is 14.1. The first-order chi connectivity index (χ1) is 14.7. The summed E-state index contributed by atoms with van der Waals surface area (Å²) in [5.74, 6) is 1.86. The molecule has 1 aliphatic carbocycles. The largest absolute Gasteiger partial charge is 0.444 e. The molecule has 2 amide bonds. The Bertz CT molecular complexity index is 611. The first-order valence-corrected chi connectivity index (χ1v) is 11.9. The lowest BCUT2D eigenvalue weighted by molar-refractivity contribution is -0.127. The van der Waals surface area contributed by atoms with Crippen LogP contribution < -0.4 is 10.6 Å². The molecule has 32 heavy (non-hydrogen) atoms. The molecule has 2 aliphatic rings. The second-order valence-electron chi connectivity index (χ2n) is 9.70. The van der Waals surface area contributed by atoms with E-state index in [2.05, 4.69) is 20.5 Å². The number of rotatable bonds is 8. The van der Waals surface area contributed by atoms with E-state index in [1.807, 2.05) is 39.6 Å². The molecule has 0 radical (unpaired) electrons. The van der Waals surface area contributed by atoms with Crippen LogP contribution in [0.5, 0.6) is 0 Å². The van der Waals surface area contributed by atoms with Crippen molar-refractivity contribution in [3.8, 4) is 0 Å². The Kier molecular flexibility index (Phi) is 12.7. The van der Waals surface area contributed by atoms with Crippen LogP contribution in [-0.4, -0.2) is 79.7 Å². The van der Waals surface area contributed by atoms with E-state index in [0.29, 0.717) is 19.0 Å². The van der Waals surface area contributed by atoms with Gasteiger partial charge in [0.1, 0.15) is 5.60 Å². The molecule has 0 aromatic carbocycles. The normalized spacial score (nSPS) is 17.8. The molecule has 0 aromatic heterocycles. The lowest BCUT2D eigenvalue weighted by Crippen LogP contribution is -2.48. The van der Waals surface area contributed by atoms with Gasteiger partial charge in [-0.15, -0.1) is 24.0 Å². The molecule has 2 rings (SSSR count). The molecule has 0 aromatic rings. The summed E-state index contributed by atoms with van der Waals surface area (Å²) in [6.07, 6.45) is 5.98. The van der Waals surface area contributed by atoms with Crippen molar-refractivity contribution in [2.24, 2.45) is 16.8 Å². The van der Waals surface area contributed by atoms with Crippen molar-refractivity contribution in [3.63, 3.8) is 0 Å². The number of aliphatic imine (C=N–C) groups is 1. The second-order valence-corrected chi connectivity index (χ2v) is 9.70. The van der Waals surface area contributed by atoms with Crippen molar-refractivity contribution in [1.29, 1.82) is 0 Å². The quantitative estimate of drug-likeness (QED) is 0.204. The molecule has 1 aliphatic heterocycles. The van der Waals surface area contributed by atoms with Gasteiger partial charge < -0.3 is 25.2 Å². The van der Waals surface area contributed by atoms with E-state index < -0.39 is 5.60 Å². The maximum atomic E-state index is 12.4. The van der Waals surface area contributed by atoms with Gasteiger partial charge in [0.05, 0.1) is 0 Å². The van der Waals surface area contributed by atoms with Crippen LogP contribution in [0.3, 0.4) is 0 Å². The molecule has 2 fully saturated rings. The molecular weight excluding hydrogens is 521 g/mol. The third-order valence-corrected chi connectivity index (χ3v) is 6.05. The standard InChI is InChI=1S/C23H43N5O3.HI/c1-6-27(22(30)31-23(2,3)4)17-18-11-15-28(16-12-18)21(24-5)26-14-8-13-25-20(29)19-9-7-10-19;/h18-19H,6-17H2,1-5H3,(H,24,26)(H,25,29);1H. The number of carbonyl (C=O) groups is 2. The summed E-state index contributed by atoms with van der Waals surface area (Å²) >= 11 is 0. The number of hydrogen-bond donors (Lipinski definition) is 2. The van der Waals surface area contributed by atoms with E-state index in [1.54, 1.807) is 0 Å². The minimum atomic E-state index is -0.466. The average Bonchev–Trinajstić information content (AvgIpc) is 2.66. The van der Waals surface area contributed by atoms with E-state index in [-0.39, 0.29) is 41.9 Å². The van der Waals surface area contributed by atoms with Crippen molar-refractivity contribution >= 4 is 41.9 Å². The van der Waals surface area contributed by atoms with Gasteiger partial charge in [0.25, 0.3) is 0 Å². The number of guanidine groups is 1. The number of halogens is 1. The van der Waals surface area contributed by atoms with Gasteiger partial charge in [-0.1, -0.05) is 6.42 Å². The molecule has 1 heterocycles. The van der Waals surface area contributed by atoms with Crippen LogP contribution in [0.2, 0.25) is 0 Å². The minimum absolute atomic E-state index is 0. The summed E-state index contributed by atoms with van der Waals surface area (Å²) in [6.45, 7) is 12.5. The van der Waals surface area contributed by atoms with Crippen molar-refractivity contribution in [1.82, 2.24) is 20.4 Å². The highest BCUT2D eigenvalue weighted by molar-refractivity contribution is 14.0. The third-order valence-electron chi connectivity index (χ3n) is 6.05. The Morgan fingerprint density at radius 1 is 1.09 bits per heavy atom. The molecular formula is C23H44IN5O3. The number of likely N-dealkylation sites (tertiary alicyclic amines) is 1. The summed E-state index contributed by atoms with van der Waals surface area (Å²) in [5.41, 5.74) is -0.466. The highest BCUT2D eigenvalue weighted by Crippen LogP contribution is 2.26. The summed E-state index contributed by atoms with van der Waals surface area (Å²) in [6, 6.07) is 0. The smallest absolute Gasteiger partial charge is 0.410 e.